The van der Waals surface area contributed by atoms with E-state index in [9.17, 15) is 18.7 Å². The first-order chi connectivity index (χ1) is 9.54. The molecule has 0 spiro atoms. The maximum Gasteiger partial charge on any atom is 0.162 e. The molecular weight excluding hydrogens is 266 g/mol. The van der Waals surface area contributed by atoms with E-state index in [4.69, 9.17) is 4.74 Å². The number of rotatable bonds is 4. The molecule has 0 amide bonds. The number of carbonyl (C=O) groups excluding carboxylic acids is 1. The summed E-state index contributed by atoms with van der Waals surface area (Å²) in [5.41, 5.74) is 0.578. The maximum atomic E-state index is 13.0. The summed E-state index contributed by atoms with van der Waals surface area (Å²) in [6.07, 6.45) is 2.23. The molecule has 0 aromatic heterocycles. The molecule has 0 unspecified atom stereocenters. The van der Waals surface area contributed by atoms with Crippen molar-refractivity contribution >= 4 is 12.0 Å². The summed E-state index contributed by atoms with van der Waals surface area (Å²) in [6.45, 7) is 0. The fourth-order valence-electron chi connectivity index (χ4n) is 1.52. The highest BCUT2D eigenvalue weighted by molar-refractivity contribution is 5.83. The number of aliphatic carboxylic acids is 1. The lowest BCUT2D eigenvalue weighted by Crippen LogP contribution is -2.18. The third-order valence-electron chi connectivity index (χ3n) is 2.40. The second-order valence-electron chi connectivity index (χ2n) is 3.90. The Bertz CT molecular complexity index is 666. The van der Waals surface area contributed by atoms with E-state index >= 15 is 0 Å². The topological polar surface area (TPSA) is 49.4 Å². The Morgan fingerprint density at radius 1 is 1.05 bits per heavy atom. The molecular formula is C15H9F2O3-. The van der Waals surface area contributed by atoms with E-state index in [0.717, 1.165) is 18.2 Å². The number of carbonyl (C=O) groups is 1. The molecule has 0 aliphatic heterocycles. The van der Waals surface area contributed by atoms with E-state index in [-0.39, 0.29) is 5.75 Å². The molecule has 102 valence electrons. The zero-order chi connectivity index (χ0) is 14.5. The van der Waals surface area contributed by atoms with Crippen molar-refractivity contribution in [3.05, 3.63) is 65.7 Å². The molecule has 0 aliphatic rings. The van der Waals surface area contributed by atoms with E-state index in [1.54, 1.807) is 24.3 Å². The number of halogens is 2. The third-order valence-corrected chi connectivity index (χ3v) is 2.40. The standard InChI is InChI=1S/C15H10F2O3/c16-13-6-5-12(9-14(13)17)20-11-3-1-2-10(8-11)4-7-15(18)19/h1-9H,(H,18,19)/p-1/b7-4+. The Morgan fingerprint density at radius 2 is 1.80 bits per heavy atom. The molecule has 2 rings (SSSR count). The SMILES string of the molecule is O=C([O-])/C=C/c1cccc(Oc2ccc(F)c(F)c2)c1. The second kappa shape index (κ2) is 5.97. The van der Waals surface area contributed by atoms with Gasteiger partial charge in [-0.25, -0.2) is 8.78 Å². The van der Waals surface area contributed by atoms with Gasteiger partial charge in [0, 0.05) is 6.07 Å². The second-order valence-corrected chi connectivity index (χ2v) is 3.90. The van der Waals surface area contributed by atoms with Gasteiger partial charge >= 0.3 is 0 Å². The Morgan fingerprint density at radius 3 is 2.50 bits per heavy atom. The average Bonchev–Trinajstić information content (AvgIpc) is 2.41. The highest BCUT2D eigenvalue weighted by Crippen LogP contribution is 2.24. The Kier molecular flexibility index (Phi) is 4.10. The van der Waals surface area contributed by atoms with Crippen LogP contribution in [-0.4, -0.2) is 5.97 Å². The van der Waals surface area contributed by atoms with Gasteiger partial charge in [0.25, 0.3) is 0 Å². The first-order valence-electron chi connectivity index (χ1n) is 5.66. The van der Waals surface area contributed by atoms with Crippen LogP contribution in [0.1, 0.15) is 5.56 Å². The molecule has 0 atom stereocenters. The molecule has 0 fully saturated rings. The van der Waals surface area contributed by atoms with Crippen LogP contribution in [0, 0.1) is 11.6 Å². The summed E-state index contributed by atoms with van der Waals surface area (Å²) in [5.74, 6) is -2.75. The van der Waals surface area contributed by atoms with Gasteiger partial charge in [-0.05, 0) is 35.9 Å². The first kappa shape index (κ1) is 13.7. The summed E-state index contributed by atoms with van der Waals surface area (Å²) in [5, 5.41) is 10.3. The molecule has 0 saturated carbocycles. The van der Waals surface area contributed by atoms with Crippen molar-refractivity contribution in [3.63, 3.8) is 0 Å². The van der Waals surface area contributed by atoms with Crippen molar-refractivity contribution in [2.45, 2.75) is 0 Å². The van der Waals surface area contributed by atoms with Crippen LogP contribution < -0.4 is 9.84 Å². The lowest BCUT2D eigenvalue weighted by Gasteiger charge is -2.06. The predicted molar refractivity (Wildman–Crippen MR) is 66.9 cm³/mol. The molecule has 0 N–H and O–H groups in total. The highest BCUT2D eigenvalue weighted by atomic mass is 19.2. The molecule has 0 aliphatic carbocycles. The number of hydrogen-bond donors (Lipinski definition) is 0. The molecule has 0 radical (unpaired) electrons. The van der Waals surface area contributed by atoms with Gasteiger partial charge in [-0.15, -0.1) is 0 Å². The number of ether oxygens (including phenoxy) is 1. The van der Waals surface area contributed by atoms with E-state index in [1.807, 2.05) is 0 Å². The highest BCUT2D eigenvalue weighted by Gasteiger charge is 2.04. The van der Waals surface area contributed by atoms with Crippen LogP contribution in [0.15, 0.2) is 48.5 Å². The Balaban J connectivity index is 2.19. The lowest BCUT2D eigenvalue weighted by atomic mass is 10.2. The lowest BCUT2D eigenvalue weighted by molar-refractivity contribution is -0.297. The summed E-state index contributed by atoms with van der Waals surface area (Å²) >= 11 is 0. The molecule has 0 saturated heterocycles. The molecule has 3 nitrogen and oxygen atoms in total. The van der Waals surface area contributed by atoms with Crippen molar-refractivity contribution in [1.29, 1.82) is 0 Å². The predicted octanol–water partition coefficient (Wildman–Crippen LogP) is 2.52. The maximum absolute atomic E-state index is 13.0. The van der Waals surface area contributed by atoms with Crippen molar-refractivity contribution in [2.75, 3.05) is 0 Å². The summed E-state index contributed by atoms with van der Waals surface area (Å²) in [7, 11) is 0. The van der Waals surface area contributed by atoms with E-state index < -0.39 is 17.6 Å². The van der Waals surface area contributed by atoms with Crippen LogP contribution in [-0.2, 0) is 4.79 Å². The average molecular weight is 275 g/mol. The summed E-state index contributed by atoms with van der Waals surface area (Å²) in [4.78, 5) is 10.3. The Labute approximate surface area is 113 Å². The fourth-order valence-corrected chi connectivity index (χ4v) is 1.52. The quantitative estimate of drug-likeness (QED) is 0.806. The zero-order valence-corrected chi connectivity index (χ0v) is 10.2. The van der Waals surface area contributed by atoms with Gasteiger partial charge in [0.15, 0.2) is 11.6 Å². The number of carboxylic acid groups (broad SMARTS) is 1. The van der Waals surface area contributed by atoms with Gasteiger partial charge in [0.1, 0.15) is 11.5 Å². The van der Waals surface area contributed by atoms with Gasteiger partial charge in [0.05, 0.1) is 5.97 Å². The van der Waals surface area contributed by atoms with Gasteiger partial charge in [-0.2, -0.15) is 0 Å². The molecule has 0 bridgehead atoms. The minimum Gasteiger partial charge on any atom is -0.545 e. The number of benzene rings is 2. The van der Waals surface area contributed by atoms with E-state index in [0.29, 0.717) is 11.3 Å². The smallest absolute Gasteiger partial charge is 0.162 e. The molecule has 0 heterocycles. The van der Waals surface area contributed by atoms with Crippen LogP contribution in [0.5, 0.6) is 11.5 Å². The number of carboxylic acids is 1. The van der Waals surface area contributed by atoms with Crippen molar-refractivity contribution in [3.8, 4) is 11.5 Å². The van der Waals surface area contributed by atoms with E-state index in [1.165, 1.54) is 12.1 Å². The van der Waals surface area contributed by atoms with Crippen LogP contribution in [0.3, 0.4) is 0 Å². The van der Waals surface area contributed by atoms with Crippen LogP contribution >= 0.6 is 0 Å². The van der Waals surface area contributed by atoms with Gasteiger partial charge < -0.3 is 14.6 Å². The third kappa shape index (κ3) is 3.65. The normalized spacial score (nSPS) is 10.7. The molecule has 2 aromatic carbocycles. The van der Waals surface area contributed by atoms with Gasteiger partial charge in [-0.3, -0.25) is 0 Å². The summed E-state index contributed by atoms with van der Waals surface area (Å²) in [6, 6.07) is 9.66. The largest absolute Gasteiger partial charge is 0.545 e. The fraction of sp³-hybridized carbons (Fsp3) is 0. The summed E-state index contributed by atoms with van der Waals surface area (Å²) < 4.78 is 31.2. The van der Waals surface area contributed by atoms with Crippen LogP contribution in [0.2, 0.25) is 0 Å². The zero-order valence-electron chi connectivity index (χ0n) is 10.2. The Hall–Kier alpha value is -2.69. The molecule has 2 aromatic rings. The van der Waals surface area contributed by atoms with Crippen molar-refractivity contribution in [2.24, 2.45) is 0 Å². The van der Waals surface area contributed by atoms with Gasteiger partial charge in [-0.1, -0.05) is 18.2 Å². The molecule has 20 heavy (non-hydrogen) atoms. The van der Waals surface area contributed by atoms with Crippen LogP contribution in [0.4, 0.5) is 8.78 Å². The first-order valence-corrected chi connectivity index (χ1v) is 5.66. The monoisotopic (exact) mass is 275 g/mol. The van der Waals surface area contributed by atoms with Crippen LogP contribution in [0.25, 0.3) is 6.08 Å². The molecule has 5 heteroatoms. The van der Waals surface area contributed by atoms with Gasteiger partial charge in [0.2, 0.25) is 0 Å². The van der Waals surface area contributed by atoms with Crippen molar-refractivity contribution in [1.82, 2.24) is 0 Å². The minimum absolute atomic E-state index is 0.143. The number of hydrogen-bond acceptors (Lipinski definition) is 3. The minimum atomic E-state index is -1.31. The van der Waals surface area contributed by atoms with Crippen molar-refractivity contribution < 1.29 is 23.4 Å². The van der Waals surface area contributed by atoms with E-state index in [2.05, 4.69) is 0 Å².